The van der Waals surface area contributed by atoms with Gasteiger partial charge < -0.3 is 10.0 Å². The highest BCUT2D eigenvalue weighted by Crippen LogP contribution is 2.14. The molecule has 3 nitrogen and oxygen atoms in total. The fraction of sp³-hybridized carbons (Fsp3) is 0.625. The summed E-state index contributed by atoms with van der Waals surface area (Å²) in [6, 6.07) is 0. The maximum atomic E-state index is 11.0. The summed E-state index contributed by atoms with van der Waals surface area (Å²) in [5.41, 5.74) is 0. The minimum absolute atomic E-state index is 0.169. The molecule has 11 heavy (non-hydrogen) atoms. The van der Waals surface area contributed by atoms with E-state index < -0.39 is 6.23 Å². The molecule has 0 aromatic rings. The van der Waals surface area contributed by atoms with Crippen LogP contribution in [-0.4, -0.2) is 28.7 Å². The van der Waals surface area contributed by atoms with E-state index in [1.807, 2.05) is 0 Å². The van der Waals surface area contributed by atoms with E-state index in [0.29, 0.717) is 13.0 Å². The van der Waals surface area contributed by atoms with Crippen molar-refractivity contribution in [2.24, 2.45) is 0 Å². The third kappa shape index (κ3) is 1.80. The predicted octanol–water partition coefficient (Wildman–Crippen LogP) is 0.503. The highest BCUT2D eigenvalue weighted by Gasteiger charge is 2.22. The van der Waals surface area contributed by atoms with Gasteiger partial charge in [0.05, 0.1) is 0 Å². The molecule has 62 valence electrons. The average molecular weight is 155 g/mol. The van der Waals surface area contributed by atoms with Crippen molar-refractivity contribution < 1.29 is 9.90 Å². The lowest BCUT2D eigenvalue weighted by Crippen LogP contribution is -2.42. The van der Waals surface area contributed by atoms with Gasteiger partial charge in [-0.2, -0.15) is 0 Å². The van der Waals surface area contributed by atoms with E-state index in [9.17, 15) is 9.90 Å². The van der Waals surface area contributed by atoms with Crippen LogP contribution in [0.1, 0.15) is 19.3 Å². The monoisotopic (exact) mass is 155 g/mol. The van der Waals surface area contributed by atoms with Gasteiger partial charge in [-0.15, -0.1) is 0 Å². The zero-order valence-corrected chi connectivity index (χ0v) is 6.49. The van der Waals surface area contributed by atoms with Gasteiger partial charge in [0.15, 0.2) is 0 Å². The van der Waals surface area contributed by atoms with Crippen molar-refractivity contribution in [1.29, 1.82) is 0 Å². The third-order valence-electron chi connectivity index (χ3n) is 1.93. The van der Waals surface area contributed by atoms with E-state index in [4.69, 9.17) is 0 Å². The molecule has 1 rings (SSSR count). The second-order valence-corrected chi connectivity index (χ2v) is 2.71. The number of hydrogen-bond acceptors (Lipinski definition) is 2. The van der Waals surface area contributed by atoms with E-state index in [1.165, 1.54) is 11.0 Å². The predicted molar refractivity (Wildman–Crippen MR) is 41.8 cm³/mol. The molecule has 0 saturated carbocycles. The smallest absolute Gasteiger partial charge is 0.247 e. The maximum Gasteiger partial charge on any atom is 0.247 e. The lowest BCUT2D eigenvalue weighted by Gasteiger charge is -2.30. The van der Waals surface area contributed by atoms with Gasteiger partial charge in [-0.3, -0.25) is 4.79 Å². The maximum absolute atomic E-state index is 11.0. The Balaban J connectivity index is 2.53. The summed E-state index contributed by atoms with van der Waals surface area (Å²) >= 11 is 0. The van der Waals surface area contributed by atoms with Gasteiger partial charge in [0.1, 0.15) is 6.23 Å². The normalized spacial score (nSPS) is 24.8. The van der Waals surface area contributed by atoms with Crippen LogP contribution in [0.5, 0.6) is 0 Å². The second-order valence-electron chi connectivity index (χ2n) is 2.71. The van der Waals surface area contributed by atoms with Gasteiger partial charge in [-0.1, -0.05) is 6.58 Å². The molecule has 1 unspecified atom stereocenters. The van der Waals surface area contributed by atoms with E-state index in [-0.39, 0.29) is 5.91 Å². The lowest BCUT2D eigenvalue weighted by atomic mass is 10.1. The molecular weight excluding hydrogens is 142 g/mol. The van der Waals surface area contributed by atoms with Crippen molar-refractivity contribution in [3.05, 3.63) is 12.7 Å². The van der Waals surface area contributed by atoms with Crippen LogP contribution in [-0.2, 0) is 4.79 Å². The summed E-state index contributed by atoms with van der Waals surface area (Å²) < 4.78 is 0. The number of hydrogen-bond donors (Lipinski definition) is 1. The summed E-state index contributed by atoms with van der Waals surface area (Å²) in [6.07, 6.45) is 3.33. The molecular formula is C8H13NO2. The number of nitrogens with zero attached hydrogens (tertiary/aromatic N) is 1. The first-order chi connectivity index (χ1) is 5.25. The average Bonchev–Trinajstić information content (AvgIpc) is 2.04. The zero-order valence-electron chi connectivity index (χ0n) is 6.49. The molecule has 0 aromatic carbocycles. The molecule has 1 saturated heterocycles. The molecule has 1 amide bonds. The first-order valence-electron chi connectivity index (χ1n) is 3.87. The molecule has 1 N–H and O–H groups in total. The van der Waals surface area contributed by atoms with Crippen molar-refractivity contribution in [3.63, 3.8) is 0 Å². The fourth-order valence-electron chi connectivity index (χ4n) is 1.29. The van der Waals surface area contributed by atoms with Crippen LogP contribution in [0.2, 0.25) is 0 Å². The first-order valence-corrected chi connectivity index (χ1v) is 3.87. The standard InChI is InChI=1S/C8H13NO2/c1-2-7(10)9-6-4-3-5-8(9)11/h2,8,11H,1,3-6H2. The van der Waals surface area contributed by atoms with Gasteiger partial charge in [0, 0.05) is 6.54 Å². The molecule has 0 aromatic heterocycles. The Kier molecular flexibility index (Phi) is 2.65. The number of amides is 1. The van der Waals surface area contributed by atoms with Crippen molar-refractivity contribution in [1.82, 2.24) is 4.90 Å². The SMILES string of the molecule is C=CC(=O)N1CCCCC1O. The summed E-state index contributed by atoms with van der Waals surface area (Å²) in [6.45, 7) is 4.03. The Bertz CT molecular complexity index is 167. The van der Waals surface area contributed by atoms with Crippen LogP contribution >= 0.6 is 0 Å². The summed E-state index contributed by atoms with van der Waals surface area (Å²) in [7, 11) is 0. The Morgan fingerprint density at radius 3 is 2.91 bits per heavy atom. The minimum Gasteiger partial charge on any atom is -0.374 e. The Morgan fingerprint density at radius 1 is 1.64 bits per heavy atom. The van der Waals surface area contributed by atoms with Crippen LogP contribution in [0.4, 0.5) is 0 Å². The number of aliphatic hydroxyl groups excluding tert-OH is 1. The van der Waals surface area contributed by atoms with E-state index >= 15 is 0 Å². The molecule has 1 aliphatic heterocycles. The summed E-state index contributed by atoms with van der Waals surface area (Å²) in [5, 5.41) is 9.33. The lowest BCUT2D eigenvalue weighted by molar-refractivity contribution is -0.138. The van der Waals surface area contributed by atoms with Gasteiger partial charge in [-0.05, 0) is 25.3 Å². The quantitative estimate of drug-likeness (QED) is 0.560. The first kappa shape index (κ1) is 8.27. The van der Waals surface area contributed by atoms with Gasteiger partial charge in [-0.25, -0.2) is 0 Å². The van der Waals surface area contributed by atoms with Crippen LogP contribution in [0.3, 0.4) is 0 Å². The van der Waals surface area contributed by atoms with Crippen molar-refractivity contribution >= 4 is 5.91 Å². The van der Waals surface area contributed by atoms with Crippen molar-refractivity contribution in [2.75, 3.05) is 6.54 Å². The fourth-order valence-corrected chi connectivity index (χ4v) is 1.29. The Hall–Kier alpha value is -0.830. The van der Waals surface area contributed by atoms with Gasteiger partial charge in [0.2, 0.25) is 5.91 Å². The van der Waals surface area contributed by atoms with Crippen LogP contribution in [0, 0.1) is 0 Å². The van der Waals surface area contributed by atoms with E-state index in [0.717, 1.165) is 12.8 Å². The highest BCUT2D eigenvalue weighted by atomic mass is 16.3. The Labute approximate surface area is 66.3 Å². The van der Waals surface area contributed by atoms with Crippen LogP contribution < -0.4 is 0 Å². The van der Waals surface area contributed by atoms with Crippen LogP contribution in [0.15, 0.2) is 12.7 Å². The van der Waals surface area contributed by atoms with Gasteiger partial charge in [0.25, 0.3) is 0 Å². The van der Waals surface area contributed by atoms with Gasteiger partial charge >= 0.3 is 0 Å². The largest absolute Gasteiger partial charge is 0.374 e. The molecule has 0 spiro atoms. The van der Waals surface area contributed by atoms with Crippen molar-refractivity contribution in [2.45, 2.75) is 25.5 Å². The highest BCUT2D eigenvalue weighted by molar-refractivity contribution is 5.87. The zero-order chi connectivity index (χ0) is 8.27. The molecule has 1 fully saturated rings. The number of carbonyl (C=O) groups excluding carboxylic acids is 1. The van der Waals surface area contributed by atoms with E-state index in [2.05, 4.69) is 6.58 Å². The Morgan fingerprint density at radius 2 is 2.36 bits per heavy atom. The molecule has 1 atom stereocenters. The number of likely N-dealkylation sites (tertiary alicyclic amines) is 1. The topological polar surface area (TPSA) is 40.5 Å². The molecule has 0 bridgehead atoms. The van der Waals surface area contributed by atoms with Crippen LogP contribution in [0.25, 0.3) is 0 Å². The van der Waals surface area contributed by atoms with Crippen molar-refractivity contribution in [3.8, 4) is 0 Å². The number of rotatable bonds is 1. The second kappa shape index (κ2) is 3.53. The number of aliphatic hydroxyl groups is 1. The number of piperidine rings is 1. The molecule has 3 heteroatoms. The number of carbonyl (C=O) groups is 1. The molecule has 0 aliphatic carbocycles. The molecule has 1 heterocycles. The van der Waals surface area contributed by atoms with E-state index in [1.54, 1.807) is 0 Å². The minimum atomic E-state index is -0.589. The third-order valence-corrected chi connectivity index (χ3v) is 1.93. The summed E-state index contributed by atoms with van der Waals surface area (Å²) in [5.74, 6) is -0.169. The summed E-state index contributed by atoms with van der Waals surface area (Å²) in [4.78, 5) is 12.5. The molecule has 1 aliphatic rings. The molecule has 0 radical (unpaired) electrons.